The Labute approximate surface area is 161 Å². The molecule has 28 heavy (non-hydrogen) atoms. The van der Waals surface area contributed by atoms with Gasteiger partial charge in [0.2, 0.25) is 17.6 Å². The molecule has 7 nitrogen and oxygen atoms in total. The van der Waals surface area contributed by atoms with Crippen LogP contribution in [0.25, 0.3) is 11.6 Å². The number of amides is 1. The van der Waals surface area contributed by atoms with E-state index in [4.69, 9.17) is 8.94 Å². The van der Waals surface area contributed by atoms with E-state index >= 15 is 0 Å². The van der Waals surface area contributed by atoms with Crippen molar-refractivity contribution in [1.82, 2.24) is 20.4 Å². The van der Waals surface area contributed by atoms with Crippen molar-refractivity contribution in [2.75, 3.05) is 0 Å². The van der Waals surface area contributed by atoms with Gasteiger partial charge in [-0.3, -0.25) is 9.78 Å². The van der Waals surface area contributed by atoms with Gasteiger partial charge in [-0.05, 0) is 29.8 Å². The molecule has 0 bridgehead atoms. The van der Waals surface area contributed by atoms with Crippen LogP contribution in [0.5, 0.6) is 0 Å². The number of pyridine rings is 1. The number of hydrogen-bond donors (Lipinski definition) is 1. The highest BCUT2D eigenvalue weighted by Crippen LogP contribution is 2.20. The van der Waals surface area contributed by atoms with Gasteiger partial charge >= 0.3 is 0 Å². The predicted octanol–water partition coefficient (Wildman–Crippen LogP) is 3.56. The minimum Gasteiger partial charge on any atom is -0.461 e. The first-order valence-corrected chi connectivity index (χ1v) is 8.91. The predicted molar refractivity (Wildman–Crippen MR) is 101 cm³/mol. The lowest BCUT2D eigenvalue weighted by Crippen LogP contribution is -2.30. The molecule has 1 unspecified atom stereocenters. The van der Waals surface area contributed by atoms with Gasteiger partial charge in [0, 0.05) is 19.0 Å². The average molecular weight is 374 g/mol. The zero-order valence-electron chi connectivity index (χ0n) is 15.0. The average Bonchev–Trinajstić information content (AvgIpc) is 3.43. The van der Waals surface area contributed by atoms with E-state index in [1.807, 2.05) is 48.5 Å². The lowest BCUT2D eigenvalue weighted by Gasteiger charge is -2.18. The van der Waals surface area contributed by atoms with Gasteiger partial charge in [0.25, 0.3) is 0 Å². The zero-order chi connectivity index (χ0) is 19.2. The maximum absolute atomic E-state index is 12.6. The molecule has 0 aliphatic rings. The molecule has 7 heteroatoms. The van der Waals surface area contributed by atoms with Crippen molar-refractivity contribution in [3.63, 3.8) is 0 Å². The summed E-state index contributed by atoms with van der Waals surface area (Å²) in [5.41, 5.74) is 1.74. The van der Waals surface area contributed by atoms with Gasteiger partial charge in [-0.15, -0.1) is 0 Å². The van der Waals surface area contributed by atoms with Crippen molar-refractivity contribution in [3.8, 4) is 11.6 Å². The van der Waals surface area contributed by atoms with Gasteiger partial charge in [0.1, 0.15) is 0 Å². The number of aryl methyl sites for hydroxylation is 1. The highest BCUT2D eigenvalue weighted by atomic mass is 16.5. The standard InChI is InChI=1S/C21H18N4O3/c26-18(11-12-19-24-21(25-28-19)17-10-6-14-27-17)23-20(15-7-2-1-3-8-15)16-9-4-5-13-22-16/h1-10,13-14,20H,11-12H2,(H,23,26). The van der Waals surface area contributed by atoms with Crippen molar-refractivity contribution in [2.24, 2.45) is 0 Å². The highest BCUT2D eigenvalue weighted by Gasteiger charge is 2.19. The fraction of sp³-hybridized carbons (Fsp3) is 0.143. The van der Waals surface area contributed by atoms with E-state index in [0.717, 1.165) is 11.3 Å². The van der Waals surface area contributed by atoms with Crippen LogP contribution in [0.3, 0.4) is 0 Å². The molecule has 3 heterocycles. The SMILES string of the molecule is O=C(CCc1nc(-c2ccco2)no1)NC(c1ccccc1)c1ccccn1. The highest BCUT2D eigenvalue weighted by molar-refractivity contribution is 5.77. The third-order valence-electron chi connectivity index (χ3n) is 4.20. The van der Waals surface area contributed by atoms with E-state index in [2.05, 4.69) is 20.4 Å². The number of carbonyl (C=O) groups excluding carboxylic acids is 1. The summed E-state index contributed by atoms with van der Waals surface area (Å²) in [6.07, 6.45) is 3.81. The Hall–Kier alpha value is -3.74. The van der Waals surface area contributed by atoms with Crippen LogP contribution >= 0.6 is 0 Å². The first kappa shape index (κ1) is 17.7. The summed E-state index contributed by atoms with van der Waals surface area (Å²) in [5, 5.41) is 6.92. The molecular formula is C21H18N4O3. The molecule has 0 saturated carbocycles. The molecule has 140 valence electrons. The Morgan fingerprint density at radius 1 is 1.04 bits per heavy atom. The molecule has 4 rings (SSSR count). The van der Waals surface area contributed by atoms with E-state index in [1.54, 1.807) is 24.6 Å². The summed E-state index contributed by atoms with van der Waals surface area (Å²) >= 11 is 0. The molecule has 0 aliphatic carbocycles. The van der Waals surface area contributed by atoms with Crippen LogP contribution in [0.1, 0.15) is 29.6 Å². The van der Waals surface area contributed by atoms with E-state index in [-0.39, 0.29) is 18.4 Å². The Kier molecular flexibility index (Phi) is 5.24. The monoisotopic (exact) mass is 374 g/mol. The number of rotatable bonds is 7. The third-order valence-corrected chi connectivity index (χ3v) is 4.20. The van der Waals surface area contributed by atoms with Crippen LogP contribution in [0.15, 0.2) is 82.1 Å². The first-order valence-electron chi connectivity index (χ1n) is 8.91. The van der Waals surface area contributed by atoms with Gasteiger partial charge in [-0.1, -0.05) is 41.6 Å². The van der Waals surface area contributed by atoms with Crippen LogP contribution in [0.2, 0.25) is 0 Å². The van der Waals surface area contributed by atoms with Crippen LogP contribution < -0.4 is 5.32 Å². The van der Waals surface area contributed by atoms with Crippen LogP contribution in [-0.4, -0.2) is 21.0 Å². The van der Waals surface area contributed by atoms with Gasteiger partial charge < -0.3 is 14.3 Å². The van der Waals surface area contributed by atoms with Gasteiger partial charge in [-0.25, -0.2) is 0 Å². The molecule has 1 aromatic carbocycles. The minimum atomic E-state index is -0.323. The van der Waals surface area contributed by atoms with Crippen LogP contribution in [0.4, 0.5) is 0 Å². The first-order chi connectivity index (χ1) is 13.8. The van der Waals surface area contributed by atoms with E-state index < -0.39 is 0 Å². The number of aromatic nitrogens is 3. The quantitative estimate of drug-likeness (QED) is 0.531. The number of hydrogen-bond acceptors (Lipinski definition) is 6. The van der Waals surface area contributed by atoms with Crippen molar-refractivity contribution < 1.29 is 13.7 Å². The molecule has 0 saturated heterocycles. The van der Waals surface area contributed by atoms with Gasteiger partial charge in [-0.2, -0.15) is 4.98 Å². The van der Waals surface area contributed by atoms with Crippen LogP contribution in [-0.2, 0) is 11.2 Å². The maximum atomic E-state index is 12.6. The molecule has 0 aliphatic heterocycles. The summed E-state index contributed by atoms with van der Waals surface area (Å²) in [6, 6.07) is 18.6. The lowest BCUT2D eigenvalue weighted by atomic mass is 10.0. The third kappa shape index (κ3) is 4.15. The van der Waals surface area contributed by atoms with Crippen LogP contribution in [0, 0.1) is 0 Å². The fourth-order valence-electron chi connectivity index (χ4n) is 2.84. The van der Waals surface area contributed by atoms with Gasteiger partial charge in [0.15, 0.2) is 5.76 Å². The topological polar surface area (TPSA) is 94.0 Å². The number of benzene rings is 1. The van der Waals surface area contributed by atoms with Crippen molar-refractivity contribution in [3.05, 3.63) is 90.3 Å². The van der Waals surface area contributed by atoms with E-state index in [0.29, 0.717) is 23.9 Å². The molecule has 1 atom stereocenters. The Morgan fingerprint density at radius 3 is 2.64 bits per heavy atom. The number of nitrogens with zero attached hydrogens (tertiary/aromatic N) is 3. The molecule has 0 spiro atoms. The number of nitrogens with one attached hydrogen (secondary N) is 1. The van der Waals surface area contributed by atoms with Crippen molar-refractivity contribution in [2.45, 2.75) is 18.9 Å². The summed E-state index contributed by atoms with van der Waals surface area (Å²) in [5.74, 6) is 1.16. The summed E-state index contributed by atoms with van der Waals surface area (Å²) in [7, 11) is 0. The molecule has 1 amide bonds. The number of furan rings is 1. The smallest absolute Gasteiger partial charge is 0.238 e. The Morgan fingerprint density at radius 2 is 1.89 bits per heavy atom. The van der Waals surface area contributed by atoms with Crippen molar-refractivity contribution in [1.29, 1.82) is 0 Å². The summed E-state index contributed by atoms with van der Waals surface area (Å²) in [4.78, 5) is 21.2. The maximum Gasteiger partial charge on any atom is 0.238 e. The number of carbonyl (C=O) groups is 1. The molecule has 0 fully saturated rings. The Bertz CT molecular complexity index is 975. The zero-order valence-corrected chi connectivity index (χ0v) is 15.0. The minimum absolute atomic E-state index is 0.128. The van der Waals surface area contributed by atoms with E-state index in [1.165, 1.54) is 0 Å². The molecule has 3 aromatic heterocycles. The fourth-order valence-corrected chi connectivity index (χ4v) is 2.84. The Balaban J connectivity index is 1.42. The summed E-state index contributed by atoms with van der Waals surface area (Å²) in [6.45, 7) is 0. The molecule has 4 aromatic rings. The second-order valence-corrected chi connectivity index (χ2v) is 6.15. The van der Waals surface area contributed by atoms with Crippen molar-refractivity contribution >= 4 is 5.91 Å². The second kappa shape index (κ2) is 8.30. The molecular weight excluding hydrogens is 356 g/mol. The second-order valence-electron chi connectivity index (χ2n) is 6.15. The molecule has 0 radical (unpaired) electrons. The lowest BCUT2D eigenvalue weighted by molar-refractivity contribution is -0.121. The van der Waals surface area contributed by atoms with Gasteiger partial charge in [0.05, 0.1) is 18.0 Å². The largest absolute Gasteiger partial charge is 0.461 e. The molecule has 1 N–H and O–H groups in total. The normalized spacial score (nSPS) is 11.9. The summed E-state index contributed by atoms with van der Waals surface area (Å²) < 4.78 is 10.4. The van der Waals surface area contributed by atoms with E-state index in [9.17, 15) is 4.79 Å².